The number of pyridine rings is 1. The Hall–Kier alpha value is -3.45. The van der Waals surface area contributed by atoms with Gasteiger partial charge >= 0.3 is 5.97 Å². The van der Waals surface area contributed by atoms with Crippen molar-refractivity contribution in [2.45, 2.75) is 20.4 Å². The topological polar surface area (TPSA) is 92.4 Å². The molecule has 0 atom stereocenters. The molecule has 7 nitrogen and oxygen atoms in total. The van der Waals surface area contributed by atoms with Crippen LogP contribution < -0.4 is 0 Å². The minimum atomic E-state index is -0.553. The molecule has 0 spiro atoms. The number of carbonyl (C=O) groups excluding carboxylic acids is 3. The van der Waals surface area contributed by atoms with Crippen molar-refractivity contribution in [3.8, 4) is 0 Å². The molecule has 1 aromatic carbocycles. The number of Topliss-reactive ketones (excluding diaryl/α,β-unsaturated/α-hetero) is 1. The fourth-order valence-electron chi connectivity index (χ4n) is 3.39. The Labute approximate surface area is 185 Å². The number of nitrogens with zero attached hydrogens (tertiary/aromatic N) is 2. The van der Waals surface area contributed by atoms with Gasteiger partial charge in [0.1, 0.15) is 5.69 Å². The van der Waals surface area contributed by atoms with Crippen LogP contribution in [-0.4, -0.2) is 46.2 Å². The van der Waals surface area contributed by atoms with Gasteiger partial charge in [0.2, 0.25) is 0 Å². The summed E-state index contributed by atoms with van der Waals surface area (Å²) in [6.45, 7) is 3.35. The van der Waals surface area contributed by atoms with Gasteiger partial charge in [-0.3, -0.25) is 14.6 Å². The molecule has 2 heterocycles. The summed E-state index contributed by atoms with van der Waals surface area (Å²) in [5, 5.41) is 0.512. The lowest BCUT2D eigenvalue weighted by Gasteiger charge is -2.22. The number of aromatic amines is 1. The molecule has 3 rings (SSSR count). The molecular weight excluding hydrogens is 418 g/mol. The normalized spacial score (nSPS) is 10.6. The highest BCUT2D eigenvalue weighted by Gasteiger charge is 2.26. The van der Waals surface area contributed by atoms with Crippen LogP contribution >= 0.6 is 11.6 Å². The average Bonchev–Trinajstić information content (AvgIpc) is 3.07. The van der Waals surface area contributed by atoms with Crippen molar-refractivity contribution < 1.29 is 19.1 Å². The summed E-state index contributed by atoms with van der Waals surface area (Å²) < 4.78 is 4.77. The van der Waals surface area contributed by atoms with E-state index in [1.54, 1.807) is 56.4 Å². The molecule has 0 bridgehead atoms. The third kappa shape index (κ3) is 5.00. The molecule has 0 aliphatic rings. The summed E-state index contributed by atoms with van der Waals surface area (Å²) in [5.41, 5.74) is 2.69. The highest BCUT2D eigenvalue weighted by atomic mass is 35.5. The molecule has 0 saturated heterocycles. The quantitative estimate of drug-likeness (QED) is 0.444. The van der Waals surface area contributed by atoms with E-state index in [4.69, 9.17) is 16.3 Å². The van der Waals surface area contributed by atoms with Crippen molar-refractivity contribution in [3.05, 3.63) is 87.5 Å². The second-order valence-electron chi connectivity index (χ2n) is 7.03. The number of esters is 1. The fourth-order valence-corrected chi connectivity index (χ4v) is 3.51. The van der Waals surface area contributed by atoms with Gasteiger partial charge in [-0.2, -0.15) is 0 Å². The molecule has 31 heavy (non-hydrogen) atoms. The van der Waals surface area contributed by atoms with E-state index in [0.29, 0.717) is 33.1 Å². The zero-order valence-electron chi connectivity index (χ0n) is 17.4. The molecule has 1 amide bonds. The monoisotopic (exact) mass is 439 g/mol. The fraction of sp³-hybridized carbons (Fsp3) is 0.217. The third-order valence-electron chi connectivity index (χ3n) is 4.90. The van der Waals surface area contributed by atoms with Crippen LogP contribution in [0.5, 0.6) is 0 Å². The average molecular weight is 440 g/mol. The highest BCUT2D eigenvalue weighted by Crippen LogP contribution is 2.21. The van der Waals surface area contributed by atoms with E-state index in [1.807, 2.05) is 6.07 Å². The lowest BCUT2D eigenvalue weighted by atomic mass is 10.0. The molecule has 0 radical (unpaired) electrons. The van der Waals surface area contributed by atoms with Crippen LogP contribution in [0.15, 0.2) is 48.7 Å². The van der Waals surface area contributed by atoms with Crippen LogP contribution in [-0.2, 0) is 11.3 Å². The number of ketones is 1. The highest BCUT2D eigenvalue weighted by molar-refractivity contribution is 6.30. The van der Waals surface area contributed by atoms with Crippen molar-refractivity contribution in [1.82, 2.24) is 14.9 Å². The summed E-state index contributed by atoms with van der Waals surface area (Å²) in [5.74, 6) is -1.17. The first-order valence-corrected chi connectivity index (χ1v) is 9.95. The summed E-state index contributed by atoms with van der Waals surface area (Å²) in [6.07, 6.45) is 1.63. The number of aryl methyl sites for hydroxylation is 1. The Morgan fingerprint density at radius 3 is 2.42 bits per heavy atom. The van der Waals surface area contributed by atoms with E-state index >= 15 is 0 Å². The molecule has 160 valence electrons. The third-order valence-corrected chi connectivity index (χ3v) is 5.15. The van der Waals surface area contributed by atoms with Gasteiger partial charge in [-0.1, -0.05) is 17.7 Å². The molecule has 1 N–H and O–H groups in total. The van der Waals surface area contributed by atoms with Gasteiger partial charge in [-0.15, -0.1) is 0 Å². The zero-order chi connectivity index (χ0) is 22.5. The number of aromatic nitrogens is 2. The van der Waals surface area contributed by atoms with Crippen molar-refractivity contribution in [3.63, 3.8) is 0 Å². The predicted octanol–water partition coefficient (Wildman–Crippen LogP) is 3.99. The number of hydrogen-bond acceptors (Lipinski definition) is 5. The largest absolute Gasteiger partial charge is 0.464 e. The molecule has 8 heteroatoms. The first kappa shape index (κ1) is 22.2. The number of H-pyrrole nitrogens is 1. The van der Waals surface area contributed by atoms with Crippen LogP contribution in [0, 0.1) is 13.8 Å². The Kier molecular flexibility index (Phi) is 6.87. The van der Waals surface area contributed by atoms with E-state index < -0.39 is 5.97 Å². The summed E-state index contributed by atoms with van der Waals surface area (Å²) in [7, 11) is 1.28. The van der Waals surface area contributed by atoms with E-state index in [9.17, 15) is 14.4 Å². The Morgan fingerprint density at radius 1 is 1.10 bits per heavy atom. The maximum absolute atomic E-state index is 13.2. The zero-order valence-corrected chi connectivity index (χ0v) is 18.2. The van der Waals surface area contributed by atoms with Gasteiger partial charge in [0.15, 0.2) is 5.78 Å². The van der Waals surface area contributed by atoms with Gasteiger partial charge in [0.25, 0.3) is 5.91 Å². The number of methoxy groups -OCH3 is 1. The number of nitrogens with one attached hydrogen (secondary N) is 1. The number of amides is 1. The number of halogens is 1. The van der Waals surface area contributed by atoms with Gasteiger partial charge in [0, 0.05) is 28.0 Å². The van der Waals surface area contributed by atoms with Gasteiger partial charge in [-0.25, -0.2) is 4.79 Å². The predicted molar refractivity (Wildman–Crippen MR) is 116 cm³/mol. The number of benzene rings is 1. The molecular formula is C23H22ClN3O4. The molecule has 2 aromatic heterocycles. The molecule has 0 aliphatic carbocycles. The maximum atomic E-state index is 13.2. The van der Waals surface area contributed by atoms with E-state index in [2.05, 4.69) is 9.97 Å². The summed E-state index contributed by atoms with van der Waals surface area (Å²) in [6, 6.07) is 11.9. The van der Waals surface area contributed by atoms with Crippen LogP contribution in [0.3, 0.4) is 0 Å². The number of carbonyl (C=O) groups is 3. The lowest BCUT2D eigenvalue weighted by Crippen LogP contribution is -2.35. The smallest absolute Gasteiger partial charge is 0.354 e. The molecule has 0 unspecified atom stereocenters. The van der Waals surface area contributed by atoms with Gasteiger partial charge in [0.05, 0.1) is 25.9 Å². The van der Waals surface area contributed by atoms with E-state index in [1.165, 1.54) is 12.0 Å². The second-order valence-corrected chi connectivity index (χ2v) is 7.47. The van der Waals surface area contributed by atoms with Crippen molar-refractivity contribution in [2.24, 2.45) is 0 Å². The number of rotatable bonds is 7. The minimum absolute atomic E-state index is 0.153. The summed E-state index contributed by atoms with van der Waals surface area (Å²) >= 11 is 5.93. The first-order chi connectivity index (χ1) is 14.8. The maximum Gasteiger partial charge on any atom is 0.354 e. The van der Waals surface area contributed by atoms with Gasteiger partial charge in [-0.05, 0) is 55.8 Å². The first-order valence-electron chi connectivity index (χ1n) is 9.57. The standard InChI is InChI=1S/C23H22ClN3O4/c1-14-20(15(2)26-21(14)23(30)31-3)19(28)13-27(12-18-6-4-5-11-25-18)22(29)16-7-9-17(24)10-8-16/h4-11,26H,12-13H2,1-3H3. The van der Waals surface area contributed by atoms with Crippen molar-refractivity contribution in [1.29, 1.82) is 0 Å². The number of ether oxygens (including phenoxy) is 1. The second kappa shape index (κ2) is 9.57. The van der Waals surface area contributed by atoms with Gasteiger partial charge < -0.3 is 14.6 Å². The van der Waals surface area contributed by atoms with Crippen molar-refractivity contribution in [2.75, 3.05) is 13.7 Å². The Morgan fingerprint density at radius 2 is 1.81 bits per heavy atom. The SMILES string of the molecule is COC(=O)c1[nH]c(C)c(C(=O)CN(Cc2ccccn2)C(=O)c2ccc(Cl)cc2)c1C. The number of hydrogen-bond donors (Lipinski definition) is 1. The van der Waals surface area contributed by atoms with Crippen LogP contribution in [0.1, 0.15) is 48.2 Å². The molecule has 0 fully saturated rings. The van der Waals surface area contributed by atoms with E-state index in [0.717, 1.165) is 0 Å². The molecule has 0 aliphatic heterocycles. The van der Waals surface area contributed by atoms with Crippen LogP contribution in [0.25, 0.3) is 0 Å². The van der Waals surface area contributed by atoms with E-state index in [-0.39, 0.29) is 30.5 Å². The summed E-state index contributed by atoms with van der Waals surface area (Å²) in [4.78, 5) is 46.9. The molecule has 3 aromatic rings. The Balaban J connectivity index is 1.92. The Bertz CT molecular complexity index is 1110. The molecule has 0 saturated carbocycles. The lowest BCUT2D eigenvalue weighted by molar-refractivity contribution is 0.0593. The van der Waals surface area contributed by atoms with Crippen LogP contribution in [0.4, 0.5) is 0 Å². The van der Waals surface area contributed by atoms with Crippen molar-refractivity contribution >= 4 is 29.3 Å². The minimum Gasteiger partial charge on any atom is -0.464 e. The van der Waals surface area contributed by atoms with Crippen LogP contribution in [0.2, 0.25) is 5.02 Å².